The van der Waals surface area contributed by atoms with Crippen LogP contribution in [0.3, 0.4) is 0 Å². The van der Waals surface area contributed by atoms with Crippen molar-refractivity contribution in [3.63, 3.8) is 0 Å². The lowest BCUT2D eigenvalue weighted by molar-refractivity contribution is 0.901. The summed E-state index contributed by atoms with van der Waals surface area (Å²) in [6.45, 7) is 2.20. The van der Waals surface area contributed by atoms with Crippen molar-refractivity contribution in [3.05, 3.63) is 23.9 Å². The van der Waals surface area contributed by atoms with Crippen LogP contribution in [0, 0.1) is 0 Å². The molecule has 0 fully saturated rings. The van der Waals surface area contributed by atoms with E-state index in [1.807, 2.05) is 18.5 Å². The van der Waals surface area contributed by atoms with Gasteiger partial charge in [-0.3, -0.25) is 4.99 Å². The molecule has 0 spiro atoms. The van der Waals surface area contributed by atoms with Crippen LogP contribution in [-0.2, 0) is 0 Å². The Labute approximate surface area is 81.4 Å². The average Bonchev–Trinajstić information content (AvgIpc) is 2.18. The van der Waals surface area contributed by atoms with Crippen LogP contribution in [0.5, 0.6) is 0 Å². The van der Waals surface area contributed by atoms with Crippen molar-refractivity contribution in [1.82, 2.24) is 0 Å². The molecule has 2 heteroatoms. The molecular weight excluding hydrogens is 249 g/mol. The minimum atomic E-state index is 0.488. The van der Waals surface area contributed by atoms with Gasteiger partial charge < -0.3 is 0 Å². The molecule has 1 atom stereocenters. The van der Waals surface area contributed by atoms with Crippen LogP contribution in [0.1, 0.15) is 19.8 Å². The van der Waals surface area contributed by atoms with Crippen LogP contribution in [0.2, 0.25) is 0 Å². The molecule has 0 radical (unpaired) electrons. The standard InChI is InChI=1S/C9H12IN/c1-2-4-8-5-3-6-11-7-9(8)10/h3,5-7,9H,2,4H2,1H3. The highest BCUT2D eigenvalue weighted by Crippen LogP contribution is 2.18. The second kappa shape index (κ2) is 4.70. The second-order valence-corrected chi connectivity index (χ2v) is 3.87. The van der Waals surface area contributed by atoms with Crippen LogP contribution >= 0.6 is 22.6 Å². The molecule has 0 saturated heterocycles. The molecule has 1 rings (SSSR count). The predicted octanol–water partition coefficient (Wildman–Crippen LogP) is 3.11. The zero-order valence-corrected chi connectivity index (χ0v) is 8.78. The number of nitrogens with zero attached hydrogens (tertiary/aromatic N) is 1. The number of hydrogen-bond donors (Lipinski definition) is 0. The fraction of sp³-hybridized carbons (Fsp3) is 0.444. The third-order valence-corrected chi connectivity index (χ3v) is 2.71. The van der Waals surface area contributed by atoms with Crippen LogP contribution < -0.4 is 0 Å². The average molecular weight is 261 g/mol. The summed E-state index contributed by atoms with van der Waals surface area (Å²) in [6.07, 6.45) is 10.4. The maximum atomic E-state index is 4.12. The Morgan fingerprint density at radius 2 is 2.45 bits per heavy atom. The summed E-state index contributed by atoms with van der Waals surface area (Å²) in [6, 6.07) is 0. The van der Waals surface area contributed by atoms with E-state index >= 15 is 0 Å². The first-order valence-electron chi connectivity index (χ1n) is 3.87. The van der Waals surface area contributed by atoms with Crippen molar-refractivity contribution in [2.45, 2.75) is 23.7 Å². The van der Waals surface area contributed by atoms with Gasteiger partial charge in [-0.2, -0.15) is 0 Å². The van der Waals surface area contributed by atoms with Gasteiger partial charge in [0.1, 0.15) is 0 Å². The van der Waals surface area contributed by atoms with E-state index in [1.165, 1.54) is 18.4 Å². The van der Waals surface area contributed by atoms with Crippen molar-refractivity contribution in [2.24, 2.45) is 4.99 Å². The molecule has 11 heavy (non-hydrogen) atoms. The molecule has 60 valence electrons. The summed E-state index contributed by atoms with van der Waals surface area (Å²) in [4.78, 5) is 4.12. The lowest BCUT2D eigenvalue weighted by Gasteiger charge is -2.06. The Morgan fingerprint density at radius 1 is 1.64 bits per heavy atom. The molecular formula is C9H12IN. The first-order valence-corrected chi connectivity index (χ1v) is 5.12. The van der Waals surface area contributed by atoms with Crippen molar-refractivity contribution < 1.29 is 0 Å². The Hall–Kier alpha value is -0.120. The number of rotatable bonds is 2. The smallest absolute Gasteiger partial charge is 0.0674 e. The third-order valence-electron chi connectivity index (χ3n) is 1.59. The van der Waals surface area contributed by atoms with E-state index in [-0.39, 0.29) is 0 Å². The summed E-state index contributed by atoms with van der Waals surface area (Å²) < 4.78 is 0.488. The molecule has 0 aliphatic carbocycles. The lowest BCUT2D eigenvalue weighted by atomic mass is 10.1. The van der Waals surface area contributed by atoms with E-state index in [0.717, 1.165) is 0 Å². The van der Waals surface area contributed by atoms with Gasteiger partial charge in [-0.1, -0.05) is 47.6 Å². The van der Waals surface area contributed by atoms with Gasteiger partial charge in [-0.15, -0.1) is 0 Å². The Kier molecular flexibility index (Phi) is 3.83. The molecule has 0 aromatic heterocycles. The number of aliphatic imine (C=N–C) groups is 1. The molecule has 0 aromatic rings. The Bertz CT molecular complexity index is 204. The number of allylic oxidation sites excluding steroid dienone is 3. The molecule has 0 saturated carbocycles. The largest absolute Gasteiger partial charge is 0.268 e. The lowest BCUT2D eigenvalue weighted by Crippen LogP contribution is -2.02. The molecule has 0 bridgehead atoms. The highest BCUT2D eigenvalue weighted by atomic mass is 127. The van der Waals surface area contributed by atoms with E-state index in [4.69, 9.17) is 0 Å². The van der Waals surface area contributed by atoms with Crippen LogP contribution in [0.25, 0.3) is 0 Å². The van der Waals surface area contributed by atoms with Gasteiger partial charge in [0.15, 0.2) is 0 Å². The normalized spacial score (nSPS) is 23.1. The van der Waals surface area contributed by atoms with Gasteiger partial charge in [0.05, 0.1) is 3.92 Å². The van der Waals surface area contributed by atoms with Crippen molar-refractivity contribution in [3.8, 4) is 0 Å². The fourth-order valence-electron chi connectivity index (χ4n) is 1.04. The summed E-state index contributed by atoms with van der Waals surface area (Å²) >= 11 is 2.41. The first-order chi connectivity index (χ1) is 5.34. The zero-order chi connectivity index (χ0) is 8.10. The minimum absolute atomic E-state index is 0.488. The maximum absolute atomic E-state index is 4.12. The SMILES string of the molecule is CCCC1=CC=CN=CC1I. The van der Waals surface area contributed by atoms with E-state index in [2.05, 4.69) is 40.6 Å². The minimum Gasteiger partial charge on any atom is -0.268 e. The highest BCUT2D eigenvalue weighted by molar-refractivity contribution is 14.1. The highest BCUT2D eigenvalue weighted by Gasteiger charge is 2.06. The van der Waals surface area contributed by atoms with Crippen LogP contribution in [-0.4, -0.2) is 10.1 Å². The van der Waals surface area contributed by atoms with Gasteiger partial charge in [-0.05, 0) is 12.5 Å². The van der Waals surface area contributed by atoms with Crippen molar-refractivity contribution in [1.29, 1.82) is 0 Å². The number of hydrogen-bond acceptors (Lipinski definition) is 1. The molecule has 1 aliphatic rings. The van der Waals surface area contributed by atoms with Crippen LogP contribution in [0.15, 0.2) is 28.9 Å². The summed E-state index contributed by atoms with van der Waals surface area (Å²) in [5, 5.41) is 0. The topological polar surface area (TPSA) is 12.4 Å². The van der Waals surface area contributed by atoms with Crippen molar-refractivity contribution in [2.75, 3.05) is 0 Å². The van der Waals surface area contributed by atoms with E-state index in [1.54, 1.807) is 0 Å². The van der Waals surface area contributed by atoms with E-state index in [0.29, 0.717) is 3.92 Å². The monoisotopic (exact) mass is 261 g/mol. The van der Waals surface area contributed by atoms with Gasteiger partial charge in [0.25, 0.3) is 0 Å². The molecule has 0 N–H and O–H groups in total. The Balaban J connectivity index is 2.66. The molecule has 1 unspecified atom stereocenters. The predicted molar refractivity (Wildman–Crippen MR) is 58.4 cm³/mol. The van der Waals surface area contributed by atoms with Gasteiger partial charge in [-0.25, -0.2) is 0 Å². The van der Waals surface area contributed by atoms with Gasteiger partial charge in [0, 0.05) is 12.4 Å². The number of halogens is 1. The molecule has 1 heterocycles. The van der Waals surface area contributed by atoms with E-state index in [9.17, 15) is 0 Å². The Morgan fingerprint density at radius 3 is 3.18 bits per heavy atom. The van der Waals surface area contributed by atoms with E-state index < -0.39 is 0 Å². The van der Waals surface area contributed by atoms with Crippen molar-refractivity contribution >= 4 is 28.8 Å². The first kappa shape index (κ1) is 8.97. The maximum Gasteiger partial charge on any atom is 0.0674 e. The second-order valence-electron chi connectivity index (χ2n) is 2.53. The molecule has 1 nitrogen and oxygen atoms in total. The number of alkyl halides is 1. The third kappa shape index (κ3) is 2.77. The quantitative estimate of drug-likeness (QED) is 0.535. The molecule has 1 aliphatic heterocycles. The summed E-state index contributed by atoms with van der Waals surface area (Å²) in [7, 11) is 0. The fourth-order valence-corrected chi connectivity index (χ4v) is 1.74. The van der Waals surface area contributed by atoms with Crippen LogP contribution in [0.4, 0.5) is 0 Å². The molecule has 0 aromatic carbocycles. The molecule has 0 amide bonds. The van der Waals surface area contributed by atoms with Gasteiger partial charge >= 0.3 is 0 Å². The summed E-state index contributed by atoms with van der Waals surface area (Å²) in [5.41, 5.74) is 1.48. The summed E-state index contributed by atoms with van der Waals surface area (Å²) in [5.74, 6) is 0. The van der Waals surface area contributed by atoms with Gasteiger partial charge in [0.2, 0.25) is 0 Å². The zero-order valence-electron chi connectivity index (χ0n) is 6.63.